The molecule has 2 aromatic rings. The average molecular weight is 301 g/mol. The first kappa shape index (κ1) is 15.4. The number of ether oxygens (including phenoxy) is 1. The second kappa shape index (κ2) is 7.16. The van der Waals surface area contributed by atoms with Gasteiger partial charge in [-0.15, -0.1) is 0 Å². The Morgan fingerprint density at radius 3 is 2.59 bits per heavy atom. The second-order valence-corrected chi connectivity index (χ2v) is 4.51. The zero-order chi connectivity index (χ0) is 15.9. The highest BCUT2D eigenvalue weighted by molar-refractivity contribution is 5.94. The van der Waals surface area contributed by atoms with Gasteiger partial charge < -0.3 is 15.2 Å². The summed E-state index contributed by atoms with van der Waals surface area (Å²) in [5.74, 6) is -0.949. The fraction of sp³-hybridized carbons (Fsp3) is 0.200. The largest absolute Gasteiger partial charge is 0.508 e. The van der Waals surface area contributed by atoms with Gasteiger partial charge in [0.1, 0.15) is 17.5 Å². The molecule has 0 aliphatic rings. The Balaban J connectivity index is 2.11. The van der Waals surface area contributed by atoms with Crippen LogP contribution in [0, 0.1) is 0 Å². The lowest BCUT2D eigenvalue weighted by molar-refractivity contribution is -0.142. The van der Waals surface area contributed by atoms with Crippen molar-refractivity contribution in [1.82, 2.24) is 15.3 Å². The molecule has 0 bridgehead atoms. The van der Waals surface area contributed by atoms with Crippen molar-refractivity contribution in [1.29, 1.82) is 0 Å². The number of amides is 1. The molecule has 0 aliphatic carbocycles. The van der Waals surface area contributed by atoms with Gasteiger partial charge in [-0.1, -0.05) is 12.1 Å². The number of carbonyl (C=O) groups excluding carboxylic acids is 2. The molecule has 0 saturated heterocycles. The number of benzene rings is 1. The first-order chi connectivity index (χ1) is 10.6. The summed E-state index contributed by atoms with van der Waals surface area (Å²) in [5, 5.41) is 11.8. The van der Waals surface area contributed by atoms with E-state index in [1.807, 2.05) is 0 Å². The number of esters is 1. The van der Waals surface area contributed by atoms with Crippen molar-refractivity contribution in [2.24, 2.45) is 0 Å². The van der Waals surface area contributed by atoms with Crippen LogP contribution in [0.15, 0.2) is 42.9 Å². The van der Waals surface area contributed by atoms with E-state index < -0.39 is 17.9 Å². The number of hydrogen-bond acceptors (Lipinski definition) is 6. The van der Waals surface area contributed by atoms with Crippen LogP contribution in [0.4, 0.5) is 0 Å². The molecule has 1 atom stereocenters. The number of rotatable bonds is 5. The summed E-state index contributed by atoms with van der Waals surface area (Å²) in [4.78, 5) is 31.6. The van der Waals surface area contributed by atoms with Crippen LogP contribution in [0.5, 0.6) is 5.75 Å². The summed E-state index contributed by atoms with van der Waals surface area (Å²) in [6.07, 6.45) is 4.39. The topological polar surface area (TPSA) is 101 Å². The minimum Gasteiger partial charge on any atom is -0.508 e. The minimum absolute atomic E-state index is 0.113. The fourth-order valence-corrected chi connectivity index (χ4v) is 1.85. The molecule has 22 heavy (non-hydrogen) atoms. The highest BCUT2D eigenvalue weighted by atomic mass is 16.5. The second-order valence-electron chi connectivity index (χ2n) is 4.51. The van der Waals surface area contributed by atoms with Crippen LogP contribution in [0.2, 0.25) is 0 Å². The number of nitrogens with one attached hydrogen (secondary N) is 1. The number of aromatic hydroxyl groups is 1. The molecule has 7 heteroatoms. The van der Waals surface area contributed by atoms with Crippen molar-refractivity contribution in [3.63, 3.8) is 0 Å². The van der Waals surface area contributed by atoms with Gasteiger partial charge in [-0.05, 0) is 17.7 Å². The molecule has 0 aliphatic heterocycles. The maximum atomic E-state index is 12.1. The van der Waals surface area contributed by atoms with E-state index in [1.54, 1.807) is 12.1 Å². The Hall–Kier alpha value is -2.96. The monoisotopic (exact) mass is 301 g/mol. The third-order valence-electron chi connectivity index (χ3n) is 2.96. The molecular weight excluding hydrogens is 286 g/mol. The van der Waals surface area contributed by atoms with Crippen LogP contribution in [-0.4, -0.2) is 40.1 Å². The molecule has 0 spiro atoms. The summed E-state index contributed by atoms with van der Waals surface area (Å²) >= 11 is 0. The minimum atomic E-state index is -0.857. The third-order valence-corrected chi connectivity index (χ3v) is 2.96. The van der Waals surface area contributed by atoms with E-state index in [9.17, 15) is 14.7 Å². The van der Waals surface area contributed by atoms with E-state index in [-0.39, 0.29) is 17.9 Å². The molecule has 1 amide bonds. The van der Waals surface area contributed by atoms with Crippen LogP contribution in [0.3, 0.4) is 0 Å². The maximum absolute atomic E-state index is 12.1. The first-order valence-electron chi connectivity index (χ1n) is 6.52. The summed E-state index contributed by atoms with van der Waals surface area (Å²) < 4.78 is 4.71. The molecule has 0 fully saturated rings. The lowest BCUT2D eigenvalue weighted by Gasteiger charge is -2.16. The Morgan fingerprint density at radius 2 is 2.00 bits per heavy atom. The van der Waals surface area contributed by atoms with Crippen LogP contribution in [0.25, 0.3) is 0 Å². The zero-order valence-corrected chi connectivity index (χ0v) is 11.9. The number of hydrogen-bond donors (Lipinski definition) is 2. The number of aromatic nitrogens is 2. The van der Waals surface area contributed by atoms with Gasteiger partial charge in [0.05, 0.1) is 13.3 Å². The summed E-state index contributed by atoms with van der Waals surface area (Å²) in [5.41, 5.74) is 0.884. The Labute approximate surface area is 127 Å². The Kier molecular flexibility index (Phi) is 5.02. The lowest BCUT2D eigenvalue weighted by atomic mass is 10.1. The SMILES string of the molecule is COC(=O)C(Cc1ccc(O)cc1)NC(=O)c1cnccn1. The molecular formula is C15H15N3O4. The quantitative estimate of drug-likeness (QED) is 0.788. The van der Waals surface area contributed by atoms with Gasteiger partial charge in [0.15, 0.2) is 0 Å². The van der Waals surface area contributed by atoms with Crippen LogP contribution >= 0.6 is 0 Å². The standard InChI is InChI=1S/C15H15N3O4/c1-22-15(21)12(8-10-2-4-11(19)5-3-10)18-14(20)13-9-16-6-7-17-13/h2-7,9,12,19H,8H2,1H3,(H,18,20). The van der Waals surface area contributed by atoms with Gasteiger partial charge in [0, 0.05) is 18.8 Å². The Bertz CT molecular complexity index is 644. The van der Waals surface area contributed by atoms with E-state index in [0.717, 1.165) is 5.56 Å². The number of nitrogens with zero attached hydrogens (tertiary/aromatic N) is 2. The molecule has 1 aromatic carbocycles. The third kappa shape index (κ3) is 4.02. The number of phenolic OH excluding ortho intramolecular Hbond substituents is 1. The number of methoxy groups -OCH3 is 1. The molecule has 0 saturated carbocycles. The van der Waals surface area contributed by atoms with E-state index in [2.05, 4.69) is 15.3 Å². The van der Waals surface area contributed by atoms with Crippen LogP contribution in [-0.2, 0) is 16.0 Å². The molecule has 2 rings (SSSR count). The Morgan fingerprint density at radius 1 is 1.27 bits per heavy atom. The summed E-state index contributed by atoms with van der Waals surface area (Å²) in [6, 6.07) is 5.49. The van der Waals surface area contributed by atoms with E-state index in [1.165, 1.54) is 37.8 Å². The van der Waals surface area contributed by atoms with Crippen LogP contribution in [0.1, 0.15) is 16.1 Å². The molecule has 114 valence electrons. The smallest absolute Gasteiger partial charge is 0.328 e. The summed E-state index contributed by atoms with van der Waals surface area (Å²) in [6.45, 7) is 0. The van der Waals surface area contributed by atoms with Gasteiger partial charge in [-0.25, -0.2) is 9.78 Å². The maximum Gasteiger partial charge on any atom is 0.328 e. The van der Waals surface area contributed by atoms with Crippen molar-refractivity contribution in [3.05, 3.63) is 54.1 Å². The normalized spacial score (nSPS) is 11.5. The van der Waals surface area contributed by atoms with E-state index in [4.69, 9.17) is 4.74 Å². The average Bonchev–Trinajstić information content (AvgIpc) is 2.56. The summed E-state index contributed by atoms with van der Waals surface area (Å²) in [7, 11) is 1.25. The molecule has 7 nitrogen and oxygen atoms in total. The van der Waals surface area contributed by atoms with Gasteiger partial charge in [0.25, 0.3) is 5.91 Å². The highest BCUT2D eigenvalue weighted by Crippen LogP contribution is 2.12. The predicted molar refractivity (Wildman–Crippen MR) is 77.1 cm³/mol. The van der Waals surface area contributed by atoms with E-state index >= 15 is 0 Å². The van der Waals surface area contributed by atoms with Gasteiger partial charge in [-0.3, -0.25) is 9.78 Å². The van der Waals surface area contributed by atoms with Crippen molar-refractivity contribution in [2.45, 2.75) is 12.5 Å². The highest BCUT2D eigenvalue weighted by Gasteiger charge is 2.23. The predicted octanol–water partition coefficient (Wildman–Crippen LogP) is 0.696. The zero-order valence-electron chi connectivity index (χ0n) is 11.9. The van der Waals surface area contributed by atoms with Crippen molar-refractivity contribution < 1.29 is 19.4 Å². The fourth-order valence-electron chi connectivity index (χ4n) is 1.85. The molecule has 1 aromatic heterocycles. The van der Waals surface area contributed by atoms with Crippen molar-refractivity contribution in [3.8, 4) is 5.75 Å². The van der Waals surface area contributed by atoms with Gasteiger partial charge in [-0.2, -0.15) is 0 Å². The molecule has 1 heterocycles. The van der Waals surface area contributed by atoms with E-state index in [0.29, 0.717) is 0 Å². The first-order valence-corrected chi connectivity index (χ1v) is 6.52. The van der Waals surface area contributed by atoms with Crippen molar-refractivity contribution >= 4 is 11.9 Å². The van der Waals surface area contributed by atoms with Gasteiger partial charge >= 0.3 is 5.97 Å². The lowest BCUT2D eigenvalue weighted by Crippen LogP contribution is -2.43. The number of phenols is 1. The van der Waals surface area contributed by atoms with Gasteiger partial charge in [0.2, 0.25) is 0 Å². The molecule has 2 N–H and O–H groups in total. The molecule has 0 radical (unpaired) electrons. The van der Waals surface area contributed by atoms with Crippen LogP contribution < -0.4 is 5.32 Å². The number of carbonyl (C=O) groups is 2. The van der Waals surface area contributed by atoms with Crippen molar-refractivity contribution in [2.75, 3.05) is 7.11 Å². The molecule has 1 unspecified atom stereocenters.